The lowest BCUT2D eigenvalue weighted by molar-refractivity contribution is -0.384. The topological polar surface area (TPSA) is 156 Å². The highest BCUT2D eigenvalue weighted by atomic mass is 16.6. The van der Waals surface area contributed by atoms with Crippen molar-refractivity contribution in [3.8, 4) is 0 Å². The van der Waals surface area contributed by atoms with Crippen LogP contribution in [0.3, 0.4) is 0 Å². The second-order valence-electron chi connectivity index (χ2n) is 3.20. The van der Waals surface area contributed by atoms with Gasteiger partial charge in [0.15, 0.2) is 0 Å². The lowest BCUT2D eigenvalue weighted by Gasteiger charge is -2.07. The Hall–Kier alpha value is -3.17. The molecule has 1 aromatic rings. The number of carbonyl (C=O) groups is 3. The number of amides is 4. The number of hydrogen-bond donors (Lipinski definition) is 4. The Kier molecular flexibility index (Phi) is 4.35. The molecule has 100 valence electrons. The average Bonchev–Trinajstić information content (AvgIpc) is 2.36. The molecule has 0 unspecified atom stereocenters. The third-order valence-electron chi connectivity index (χ3n) is 1.83. The van der Waals surface area contributed by atoms with Gasteiger partial charge in [0, 0.05) is 17.8 Å². The molecule has 0 saturated carbocycles. The van der Waals surface area contributed by atoms with Gasteiger partial charge < -0.3 is 11.1 Å². The fourth-order valence-electron chi connectivity index (χ4n) is 1.03. The summed E-state index contributed by atoms with van der Waals surface area (Å²) in [5.41, 5.74) is 8.13. The zero-order valence-corrected chi connectivity index (χ0v) is 9.38. The number of carbonyl (C=O) groups excluding carboxylic acids is 3. The predicted octanol–water partition coefficient (Wildman–Crippen LogP) is -0.767. The van der Waals surface area contributed by atoms with Crippen molar-refractivity contribution in [2.75, 3.05) is 5.32 Å². The highest BCUT2D eigenvalue weighted by molar-refractivity contribution is 6.34. The molecule has 0 saturated heterocycles. The van der Waals surface area contributed by atoms with Crippen molar-refractivity contribution in [1.29, 1.82) is 0 Å². The van der Waals surface area contributed by atoms with Crippen LogP contribution < -0.4 is 21.9 Å². The first-order valence-corrected chi connectivity index (χ1v) is 4.81. The number of urea groups is 1. The monoisotopic (exact) mass is 267 g/mol. The van der Waals surface area contributed by atoms with E-state index >= 15 is 0 Å². The molecule has 0 aliphatic carbocycles. The Bertz CT molecular complexity index is 544. The first-order chi connectivity index (χ1) is 8.90. The van der Waals surface area contributed by atoms with E-state index in [1.54, 1.807) is 5.43 Å². The van der Waals surface area contributed by atoms with Crippen molar-refractivity contribution in [3.63, 3.8) is 0 Å². The largest absolute Gasteiger partial charge is 0.361 e. The molecule has 0 radical (unpaired) electrons. The summed E-state index contributed by atoms with van der Waals surface area (Å²) in [4.78, 5) is 42.2. The molecule has 0 aliphatic heterocycles. The van der Waals surface area contributed by atoms with Gasteiger partial charge >= 0.3 is 17.8 Å². The van der Waals surface area contributed by atoms with Gasteiger partial charge in [0.25, 0.3) is 5.69 Å². The van der Waals surface area contributed by atoms with Crippen LogP contribution in [0.2, 0.25) is 0 Å². The normalized spacial score (nSPS) is 9.26. The van der Waals surface area contributed by atoms with Crippen LogP contribution >= 0.6 is 0 Å². The summed E-state index contributed by atoms with van der Waals surface area (Å²) in [6, 6.07) is 4.25. The fourth-order valence-corrected chi connectivity index (χ4v) is 1.03. The predicted molar refractivity (Wildman–Crippen MR) is 62.6 cm³/mol. The number of nitro benzene ring substituents is 1. The zero-order valence-electron chi connectivity index (χ0n) is 9.38. The first kappa shape index (κ1) is 13.9. The molecular formula is C9H9N5O5. The standard InChI is InChI=1S/C9H9N5O5/c10-7(15)8(16)12-13-9(17)11-5-2-1-3-6(4-5)14(18)19/h1-4H,(H2,10,15)(H,12,16)(H2,11,13,17). The van der Waals surface area contributed by atoms with E-state index in [-0.39, 0.29) is 11.4 Å². The van der Waals surface area contributed by atoms with E-state index in [0.717, 1.165) is 6.07 Å². The van der Waals surface area contributed by atoms with Gasteiger partial charge in [-0.25, -0.2) is 10.2 Å². The Morgan fingerprint density at radius 2 is 1.89 bits per heavy atom. The molecule has 5 N–H and O–H groups in total. The summed E-state index contributed by atoms with van der Waals surface area (Å²) >= 11 is 0. The van der Waals surface area contributed by atoms with Gasteiger partial charge in [0.2, 0.25) is 0 Å². The number of nitrogens with two attached hydrogens (primary N) is 1. The lowest BCUT2D eigenvalue weighted by atomic mass is 10.3. The van der Waals surface area contributed by atoms with E-state index in [2.05, 4.69) is 11.1 Å². The molecule has 0 atom stereocenters. The van der Waals surface area contributed by atoms with Crippen molar-refractivity contribution in [2.45, 2.75) is 0 Å². The number of benzene rings is 1. The summed E-state index contributed by atoms with van der Waals surface area (Å²) in [5.74, 6) is -2.47. The smallest absolute Gasteiger partial charge is 0.337 e. The van der Waals surface area contributed by atoms with Crippen molar-refractivity contribution in [2.24, 2.45) is 5.73 Å². The van der Waals surface area contributed by atoms with Gasteiger partial charge in [-0.1, -0.05) is 6.07 Å². The van der Waals surface area contributed by atoms with Gasteiger partial charge in [-0.3, -0.25) is 25.1 Å². The van der Waals surface area contributed by atoms with Gasteiger partial charge in [0.05, 0.1) is 4.92 Å². The SMILES string of the molecule is NC(=O)C(=O)NNC(=O)Nc1cccc([N+](=O)[O-])c1. The third kappa shape index (κ3) is 4.30. The molecule has 0 heterocycles. The summed E-state index contributed by atoms with van der Waals surface area (Å²) in [6.45, 7) is 0. The van der Waals surface area contributed by atoms with Crippen LogP contribution in [0.25, 0.3) is 0 Å². The molecular weight excluding hydrogens is 258 g/mol. The number of primary amides is 1. The number of non-ortho nitro benzene ring substituents is 1. The van der Waals surface area contributed by atoms with Gasteiger partial charge in [-0.05, 0) is 6.07 Å². The summed E-state index contributed by atoms with van der Waals surface area (Å²) in [5, 5.41) is 12.7. The molecule has 10 heteroatoms. The molecule has 10 nitrogen and oxygen atoms in total. The number of hydrogen-bond acceptors (Lipinski definition) is 5. The van der Waals surface area contributed by atoms with Crippen LogP contribution in [0.1, 0.15) is 0 Å². The molecule has 1 aromatic carbocycles. The second-order valence-corrected chi connectivity index (χ2v) is 3.20. The first-order valence-electron chi connectivity index (χ1n) is 4.81. The van der Waals surface area contributed by atoms with Crippen LogP contribution in [0.5, 0.6) is 0 Å². The quantitative estimate of drug-likeness (QED) is 0.314. The highest BCUT2D eigenvalue weighted by Gasteiger charge is 2.11. The van der Waals surface area contributed by atoms with E-state index in [9.17, 15) is 24.5 Å². The van der Waals surface area contributed by atoms with Gasteiger partial charge in [-0.15, -0.1) is 0 Å². The molecule has 0 aliphatic rings. The number of nitro groups is 1. The van der Waals surface area contributed by atoms with Crippen molar-refractivity contribution < 1.29 is 19.3 Å². The van der Waals surface area contributed by atoms with Crippen molar-refractivity contribution in [1.82, 2.24) is 10.9 Å². The number of nitrogens with zero attached hydrogens (tertiary/aromatic N) is 1. The van der Waals surface area contributed by atoms with Crippen LogP contribution in [0.15, 0.2) is 24.3 Å². The van der Waals surface area contributed by atoms with Gasteiger partial charge in [-0.2, -0.15) is 0 Å². The van der Waals surface area contributed by atoms with Crippen molar-refractivity contribution in [3.05, 3.63) is 34.4 Å². The molecule has 0 fully saturated rings. The van der Waals surface area contributed by atoms with Crippen molar-refractivity contribution >= 4 is 29.2 Å². The van der Waals surface area contributed by atoms with E-state index < -0.39 is 22.8 Å². The fraction of sp³-hybridized carbons (Fsp3) is 0. The zero-order chi connectivity index (χ0) is 14.4. The third-order valence-corrected chi connectivity index (χ3v) is 1.83. The van der Waals surface area contributed by atoms with E-state index in [1.807, 2.05) is 5.43 Å². The average molecular weight is 267 g/mol. The van der Waals surface area contributed by atoms with Crippen LogP contribution in [-0.2, 0) is 9.59 Å². The Labute approximate surface area is 106 Å². The minimum atomic E-state index is -1.27. The van der Waals surface area contributed by atoms with E-state index in [0.29, 0.717) is 0 Å². The summed E-state index contributed by atoms with van der Waals surface area (Å²) in [7, 11) is 0. The van der Waals surface area contributed by atoms with E-state index in [1.165, 1.54) is 18.2 Å². The number of anilines is 1. The van der Waals surface area contributed by atoms with E-state index in [4.69, 9.17) is 0 Å². The number of hydrazine groups is 1. The van der Waals surface area contributed by atoms with Crippen LogP contribution in [-0.4, -0.2) is 22.8 Å². The van der Waals surface area contributed by atoms with Crippen LogP contribution in [0, 0.1) is 10.1 Å². The van der Waals surface area contributed by atoms with Crippen LogP contribution in [0.4, 0.5) is 16.2 Å². The molecule has 4 amide bonds. The molecule has 0 aromatic heterocycles. The minimum Gasteiger partial charge on any atom is -0.361 e. The molecule has 0 spiro atoms. The maximum absolute atomic E-state index is 11.3. The Balaban J connectivity index is 2.57. The molecule has 19 heavy (non-hydrogen) atoms. The maximum Gasteiger partial charge on any atom is 0.337 e. The maximum atomic E-state index is 11.3. The lowest BCUT2D eigenvalue weighted by Crippen LogP contribution is -2.48. The Morgan fingerprint density at radius 3 is 2.47 bits per heavy atom. The second kappa shape index (κ2) is 5.95. The number of rotatable bonds is 2. The number of nitrogens with one attached hydrogen (secondary N) is 3. The molecule has 1 rings (SSSR count). The Morgan fingerprint density at radius 1 is 1.21 bits per heavy atom. The molecule has 0 bridgehead atoms. The minimum absolute atomic E-state index is 0.139. The summed E-state index contributed by atoms with van der Waals surface area (Å²) in [6.07, 6.45) is 0. The van der Waals surface area contributed by atoms with Gasteiger partial charge in [0.1, 0.15) is 0 Å². The summed E-state index contributed by atoms with van der Waals surface area (Å²) < 4.78 is 0. The highest BCUT2D eigenvalue weighted by Crippen LogP contribution is 2.16.